The molecule has 1 aromatic heterocycles. The van der Waals surface area contributed by atoms with Gasteiger partial charge in [-0.3, -0.25) is 4.68 Å². The Morgan fingerprint density at radius 2 is 2.28 bits per heavy atom. The third-order valence-electron chi connectivity index (χ3n) is 3.89. The molecule has 1 aliphatic rings. The zero-order valence-electron chi connectivity index (χ0n) is 11.9. The van der Waals surface area contributed by atoms with Crippen LogP contribution in [0.3, 0.4) is 0 Å². The third kappa shape index (κ3) is 3.10. The summed E-state index contributed by atoms with van der Waals surface area (Å²) in [7, 11) is 0. The molecule has 0 saturated heterocycles. The molecule has 0 amide bonds. The molecule has 1 saturated carbocycles. The quantitative estimate of drug-likeness (QED) is 0.843. The van der Waals surface area contributed by atoms with E-state index in [-0.39, 0.29) is 0 Å². The number of aromatic nitrogens is 3. The first-order valence-electron chi connectivity index (χ1n) is 7.30. The van der Waals surface area contributed by atoms with Gasteiger partial charge in [-0.15, -0.1) is 0 Å². The smallest absolute Gasteiger partial charge is 0.138 e. The lowest BCUT2D eigenvalue weighted by Gasteiger charge is -2.20. The van der Waals surface area contributed by atoms with Gasteiger partial charge in [0.1, 0.15) is 12.2 Å². The summed E-state index contributed by atoms with van der Waals surface area (Å²) < 4.78 is 2.06. The molecule has 4 heteroatoms. The van der Waals surface area contributed by atoms with Crippen molar-refractivity contribution in [3.8, 4) is 0 Å². The first-order chi connectivity index (χ1) is 8.72. The van der Waals surface area contributed by atoms with Crippen molar-refractivity contribution in [2.24, 2.45) is 11.8 Å². The van der Waals surface area contributed by atoms with Crippen molar-refractivity contribution >= 4 is 0 Å². The summed E-state index contributed by atoms with van der Waals surface area (Å²) in [6.07, 6.45) is 5.63. The molecule has 2 rings (SSSR count). The van der Waals surface area contributed by atoms with Crippen LogP contribution in [-0.4, -0.2) is 27.9 Å². The average molecular weight is 250 g/mol. The van der Waals surface area contributed by atoms with Gasteiger partial charge in [-0.25, -0.2) is 4.98 Å². The summed E-state index contributed by atoms with van der Waals surface area (Å²) in [5.74, 6) is 3.26. The molecule has 0 aromatic carbocycles. The molecular formula is C14H26N4. The molecule has 102 valence electrons. The summed E-state index contributed by atoms with van der Waals surface area (Å²) in [6.45, 7) is 9.82. The molecule has 18 heavy (non-hydrogen) atoms. The van der Waals surface area contributed by atoms with E-state index in [1.807, 2.05) is 0 Å². The van der Waals surface area contributed by atoms with Gasteiger partial charge in [0.05, 0.1) is 0 Å². The fraction of sp³-hybridized carbons (Fsp3) is 0.857. The molecule has 1 aromatic rings. The van der Waals surface area contributed by atoms with Crippen molar-refractivity contribution in [1.29, 1.82) is 0 Å². The van der Waals surface area contributed by atoms with Crippen molar-refractivity contribution in [3.63, 3.8) is 0 Å². The lowest BCUT2D eigenvalue weighted by atomic mass is 9.95. The van der Waals surface area contributed by atoms with Crippen molar-refractivity contribution in [3.05, 3.63) is 12.2 Å². The molecule has 0 aliphatic heterocycles. The van der Waals surface area contributed by atoms with Crippen LogP contribution in [0.1, 0.15) is 51.8 Å². The van der Waals surface area contributed by atoms with Crippen LogP contribution in [-0.2, 0) is 6.54 Å². The van der Waals surface area contributed by atoms with E-state index in [2.05, 4.69) is 40.9 Å². The maximum absolute atomic E-state index is 4.49. The SMILES string of the molecule is CCn1ncnc1C1CCCC1CNCC(C)C. The molecule has 4 nitrogen and oxygen atoms in total. The van der Waals surface area contributed by atoms with Gasteiger partial charge in [0.2, 0.25) is 0 Å². The normalized spacial score (nSPS) is 24.0. The van der Waals surface area contributed by atoms with Gasteiger partial charge < -0.3 is 5.32 Å². The predicted octanol–water partition coefficient (Wildman–Crippen LogP) is 2.43. The summed E-state index contributed by atoms with van der Waals surface area (Å²) in [4.78, 5) is 4.49. The minimum Gasteiger partial charge on any atom is -0.316 e. The second-order valence-electron chi connectivity index (χ2n) is 5.78. The highest BCUT2D eigenvalue weighted by Crippen LogP contribution is 2.38. The lowest BCUT2D eigenvalue weighted by Crippen LogP contribution is -2.28. The molecule has 2 atom stereocenters. The molecule has 1 N–H and O–H groups in total. The zero-order valence-corrected chi connectivity index (χ0v) is 11.9. The van der Waals surface area contributed by atoms with Gasteiger partial charge in [-0.1, -0.05) is 20.3 Å². The number of hydrogen-bond donors (Lipinski definition) is 1. The van der Waals surface area contributed by atoms with Gasteiger partial charge in [-0.05, 0) is 44.7 Å². The van der Waals surface area contributed by atoms with Crippen LogP contribution in [0.4, 0.5) is 0 Å². The molecule has 2 unspecified atom stereocenters. The van der Waals surface area contributed by atoms with Crippen LogP contribution in [0.5, 0.6) is 0 Å². The number of aryl methyl sites for hydroxylation is 1. The van der Waals surface area contributed by atoms with Gasteiger partial charge in [-0.2, -0.15) is 5.10 Å². The molecule has 0 radical (unpaired) electrons. The molecule has 0 bridgehead atoms. The van der Waals surface area contributed by atoms with Crippen molar-refractivity contribution in [2.75, 3.05) is 13.1 Å². The fourth-order valence-corrected chi connectivity index (χ4v) is 2.98. The second kappa shape index (κ2) is 6.32. The van der Waals surface area contributed by atoms with Crippen LogP contribution in [0, 0.1) is 11.8 Å². The number of rotatable bonds is 6. The van der Waals surface area contributed by atoms with E-state index < -0.39 is 0 Å². The van der Waals surface area contributed by atoms with E-state index in [9.17, 15) is 0 Å². The summed E-state index contributed by atoms with van der Waals surface area (Å²) >= 11 is 0. The minimum absolute atomic E-state index is 0.604. The standard InChI is InChI=1S/C14H26N4/c1-4-18-14(16-10-17-18)13-7-5-6-12(13)9-15-8-11(2)3/h10-13,15H,4-9H2,1-3H3. The Balaban J connectivity index is 1.95. The Morgan fingerprint density at radius 3 is 3.00 bits per heavy atom. The Bertz CT molecular complexity index is 358. The Labute approximate surface area is 110 Å². The summed E-state index contributed by atoms with van der Waals surface area (Å²) in [6, 6.07) is 0. The number of hydrogen-bond acceptors (Lipinski definition) is 3. The predicted molar refractivity (Wildman–Crippen MR) is 73.5 cm³/mol. The van der Waals surface area contributed by atoms with Crippen LogP contribution in [0.25, 0.3) is 0 Å². The highest BCUT2D eigenvalue weighted by Gasteiger charge is 2.31. The number of nitrogens with zero attached hydrogens (tertiary/aromatic N) is 3. The van der Waals surface area contributed by atoms with Gasteiger partial charge in [0, 0.05) is 12.5 Å². The van der Waals surface area contributed by atoms with Crippen LogP contribution >= 0.6 is 0 Å². The summed E-state index contributed by atoms with van der Waals surface area (Å²) in [5, 5.41) is 7.91. The maximum Gasteiger partial charge on any atom is 0.138 e. The van der Waals surface area contributed by atoms with E-state index in [0.717, 1.165) is 31.5 Å². The van der Waals surface area contributed by atoms with Crippen molar-refractivity contribution in [2.45, 2.75) is 52.5 Å². The van der Waals surface area contributed by atoms with E-state index in [1.165, 1.54) is 25.1 Å². The average Bonchev–Trinajstić information content (AvgIpc) is 2.95. The largest absolute Gasteiger partial charge is 0.316 e. The maximum atomic E-state index is 4.49. The Hall–Kier alpha value is -0.900. The molecule has 1 fully saturated rings. The number of nitrogens with one attached hydrogen (secondary N) is 1. The zero-order chi connectivity index (χ0) is 13.0. The first-order valence-corrected chi connectivity index (χ1v) is 7.30. The van der Waals surface area contributed by atoms with Crippen LogP contribution in [0.15, 0.2) is 6.33 Å². The Kier molecular flexibility index (Phi) is 4.75. The molecule has 1 aliphatic carbocycles. The van der Waals surface area contributed by atoms with Crippen LogP contribution in [0.2, 0.25) is 0 Å². The fourth-order valence-electron chi connectivity index (χ4n) is 2.98. The minimum atomic E-state index is 0.604. The lowest BCUT2D eigenvalue weighted by molar-refractivity contribution is 0.402. The third-order valence-corrected chi connectivity index (χ3v) is 3.89. The highest BCUT2D eigenvalue weighted by molar-refractivity contribution is 5.02. The first kappa shape index (κ1) is 13.5. The molecule has 0 spiro atoms. The summed E-state index contributed by atoms with van der Waals surface area (Å²) in [5.41, 5.74) is 0. The monoisotopic (exact) mass is 250 g/mol. The van der Waals surface area contributed by atoms with E-state index in [4.69, 9.17) is 0 Å². The van der Waals surface area contributed by atoms with Gasteiger partial charge in [0.15, 0.2) is 0 Å². The van der Waals surface area contributed by atoms with E-state index in [0.29, 0.717) is 5.92 Å². The van der Waals surface area contributed by atoms with Gasteiger partial charge >= 0.3 is 0 Å². The van der Waals surface area contributed by atoms with E-state index >= 15 is 0 Å². The molecular weight excluding hydrogens is 224 g/mol. The highest BCUT2D eigenvalue weighted by atomic mass is 15.3. The van der Waals surface area contributed by atoms with Crippen molar-refractivity contribution < 1.29 is 0 Å². The van der Waals surface area contributed by atoms with Crippen molar-refractivity contribution in [1.82, 2.24) is 20.1 Å². The second-order valence-corrected chi connectivity index (χ2v) is 5.78. The Morgan fingerprint density at radius 1 is 1.44 bits per heavy atom. The molecule has 1 heterocycles. The van der Waals surface area contributed by atoms with Gasteiger partial charge in [0.25, 0.3) is 0 Å². The van der Waals surface area contributed by atoms with Crippen LogP contribution < -0.4 is 5.32 Å². The topological polar surface area (TPSA) is 42.7 Å². The van der Waals surface area contributed by atoms with E-state index in [1.54, 1.807) is 6.33 Å².